The number of carbonyl (C=O) groups excluding carboxylic acids is 1. The molecule has 5 N–H and O–H groups in total. The van der Waals surface area contributed by atoms with Crippen LogP contribution >= 0.6 is 0 Å². The van der Waals surface area contributed by atoms with E-state index in [2.05, 4.69) is 20.6 Å². The molecule has 1 aliphatic heterocycles. The molecule has 3 heterocycles. The lowest BCUT2D eigenvalue weighted by atomic mass is 10.1. The number of benzene rings is 2. The van der Waals surface area contributed by atoms with E-state index in [9.17, 15) is 26.4 Å². The summed E-state index contributed by atoms with van der Waals surface area (Å²) in [7, 11) is -5.05. The Balaban J connectivity index is 1.47. The van der Waals surface area contributed by atoms with Crippen molar-refractivity contribution in [1.29, 1.82) is 0 Å². The number of aromatic nitrogens is 4. The Labute approximate surface area is 244 Å². The van der Waals surface area contributed by atoms with E-state index in [0.717, 1.165) is 12.8 Å². The Kier molecular flexibility index (Phi) is 8.59. The normalized spacial score (nSPS) is 14.9. The maximum atomic E-state index is 13.4. The quantitative estimate of drug-likeness (QED) is 0.187. The third-order valence-electron chi connectivity index (χ3n) is 6.84. The molecule has 2 aromatic heterocycles. The molecular formula is C27H28F3N7O5S. The molecule has 43 heavy (non-hydrogen) atoms. The highest BCUT2D eigenvalue weighted by Gasteiger charge is 2.27. The van der Waals surface area contributed by atoms with Crippen LogP contribution in [-0.2, 0) is 14.8 Å². The second-order valence-corrected chi connectivity index (χ2v) is 11.4. The minimum absolute atomic E-state index is 0.0164. The first-order valence-corrected chi connectivity index (χ1v) is 14.7. The van der Waals surface area contributed by atoms with Crippen LogP contribution in [-0.4, -0.2) is 53.3 Å². The minimum atomic E-state index is -5.05. The first-order chi connectivity index (χ1) is 20.5. The van der Waals surface area contributed by atoms with Crippen molar-refractivity contribution in [3.63, 3.8) is 0 Å². The van der Waals surface area contributed by atoms with Crippen LogP contribution in [0.15, 0.2) is 54.9 Å². The highest BCUT2D eigenvalue weighted by molar-refractivity contribution is 7.93. The number of carbonyl (C=O) groups is 1. The second-order valence-electron chi connectivity index (χ2n) is 9.79. The van der Waals surface area contributed by atoms with E-state index in [1.165, 1.54) is 42.5 Å². The van der Waals surface area contributed by atoms with E-state index in [0.29, 0.717) is 24.5 Å². The molecule has 16 heteroatoms. The lowest BCUT2D eigenvalue weighted by Gasteiger charge is -2.22. The number of rotatable bonds is 11. The SMILES string of the molecule is C[C@H](Oc1cc(-c2[nH]nc(Nc3cnn(C4CCOCC4)c3)c2C(N)=O)ccc1NS(=O)(=O)C(F)F)c1ccc(F)cc1. The van der Waals surface area contributed by atoms with Crippen molar-refractivity contribution in [2.75, 3.05) is 23.3 Å². The van der Waals surface area contributed by atoms with Crippen LogP contribution in [0.5, 0.6) is 5.75 Å². The number of hydrogen-bond donors (Lipinski definition) is 4. The number of anilines is 3. The molecule has 5 rings (SSSR count). The largest absolute Gasteiger partial charge is 0.484 e. The van der Waals surface area contributed by atoms with Crippen molar-refractivity contribution in [3.8, 4) is 17.0 Å². The molecule has 0 spiro atoms. The van der Waals surface area contributed by atoms with Gasteiger partial charge in [0.25, 0.3) is 15.9 Å². The lowest BCUT2D eigenvalue weighted by Crippen LogP contribution is -2.21. The molecule has 1 aliphatic rings. The average Bonchev–Trinajstić information content (AvgIpc) is 3.62. The van der Waals surface area contributed by atoms with Gasteiger partial charge < -0.3 is 20.5 Å². The van der Waals surface area contributed by atoms with Crippen LogP contribution in [0, 0.1) is 5.82 Å². The maximum Gasteiger partial charge on any atom is 0.355 e. The molecule has 1 saturated heterocycles. The monoisotopic (exact) mass is 619 g/mol. The van der Waals surface area contributed by atoms with Crippen LogP contribution in [0.25, 0.3) is 11.3 Å². The van der Waals surface area contributed by atoms with Gasteiger partial charge in [-0.05, 0) is 49.6 Å². The first-order valence-electron chi connectivity index (χ1n) is 13.1. The summed E-state index contributed by atoms with van der Waals surface area (Å²) in [6.45, 7) is 2.88. The molecule has 228 valence electrons. The van der Waals surface area contributed by atoms with Crippen molar-refractivity contribution in [1.82, 2.24) is 20.0 Å². The summed E-state index contributed by atoms with van der Waals surface area (Å²) in [5.41, 5.74) is 6.95. The van der Waals surface area contributed by atoms with Gasteiger partial charge in [0.2, 0.25) is 0 Å². The van der Waals surface area contributed by atoms with Gasteiger partial charge in [0.05, 0.1) is 29.3 Å². The number of amides is 1. The highest BCUT2D eigenvalue weighted by Crippen LogP contribution is 2.37. The highest BCUT2D eigenvalue weighted by atomic mass is 32.2. The summed E-state index contributed by atoms with van der Waals surface area (Å²) in [5.74, 6) is -5.03. The molecule has 1 fully saturated rings. The van der Waals surface area contributed by atoms with Gasteiger partial charge in [-0.2, -0.15) is 19.0 Å². The molecule has 0 saturated carbocycles. The van der Waals surface area contributed by atoms with Gasteiger partial charge in [0.1, 0.15) is 23.2 Å². The standard InChI is InChI=1S/C27H28F3N7O5S/c1-15(16-2-5-18(28)6-3-16)42-22-12-17(4-7-21(22)36-43(39,40)27(29)30)24-23(25(31)38)26(35-34-24)33-19-13-32-37(14-19)20-8-10-41-11-9-20/h2-7,12-15,20,27,36H,8-11H2,1H3,(H2,31,38)(H2,33,34,35)/t15-/m0/s1. The number of nitrogens with two attached hydrogens (primary N) is 1. The van der Waals surface area contributed by atoms with Crippen LogP contribution in [0.4, 0.5) is 30.4 Å². The minimum Gasteiger partial charge on any atom is -0.484 e. The average molecular weight is 620 g/mol. The van der Waals surface area contributed by atoms with Crippen molar-refractivity contribution >= 4 is 33.1 Å². The van der Waals surface area contributed by atoms with Gasteiger partial charge in [-0.1, -0.05) is 18.2 Å². The summed E-state index contributed by atoms with van der Waals surface area (Å²) in [5, 5.41) is 14.4. The Hall–Kier alpha value is -4.57. The maximum absolute atomic E-state index is 13.4. The predicted molar refractivity (Wildman–Crippen MR) is 151 cm³/mol. The van der Waals surface area contributed by atoms with Crippen molar-refractivity contribution < 1.29 is 35.9 Å². The van der Waals surface area contributed by atoms with Crippen molar-refractivity contribution in [3.05, 3.63) is 71.8 Å². The fourth-order valence-electron chi connectivity index (χ4n) is 4.62. The van der Waals surface area contributed by atoms with E-state index >= 15 is 0 Å². The number of alkyl halides is 2. The summed E-state index contributed by atoms with van der Waals surface area (Å²) < 4.78 is 78.7. The fourth-order valence-corrected chi connectivity index (χ4v) is 5.18. The third-order valence-corrected chi connectivity index (χ3v) is 7.82. The molecule has 0 radical (unpaired) electrons. The molecule has 1 amide bonds. The molecule has 1 atom stereocenters. The Bertz CT molecular complexity index is 1700. The summed E-state index contributed by atoms with van der Waals surface area (Å²) in [6, 6.07) is 9.48. The van der Waals surface area contributed by atoms with E-state index in [1.54, 1.807) is 19.3 Å². The van der Waals surface area contributed by atoms with Gasteiger partial charge in [0.15, 0.2) is 5.82 Å². The second kappa shape index (κ2) is 12.3. The van der Waals surface area contributed by atoms with Crippen molar-refractivity contribution in [2.45, 2.75) is 37.7 Å². The predicted octanol–water partition coefficient (Wildman–Crippen LogP) is 4.71. The van der Waals surface area contributed by atoms with E-state index < -0.39 is 33.6 Å². The van der Waals surface area contributed by atoms with Crippen LogP contribution in [0.2, 0.25) is 0 Å². The zero-order valence-corrected chi connectivity index (χ0v) is 23.6. The zero-order valence-electron chi connectivity index (χ0n) is 22.8. The fraction of sp³-hybridized carbons (Fsp3) is 0.296. The van der Waals surface area contributed by atoms with Crippen LogP contribution in [0.3, 0.4) is 0 Å². The topological polar surface area (TPSA) is 166 Å². The van der Waals surface area contributed by atoms with Gasteiger partial charge >= 0.3 is 5.76 Å². The van der Waals surface area contributed by atoms with Gasteiger partial charge in [0, 0.05) is 25.0 Å². The number of halogens is 3. The zero-order chi connectivity index (χ0) is 30.7. The number of ether oxygens (including phenoxy) is 2. The number of nitrogens with one attached hydrogen (secondary N) is 3. The number of H-pyrrole nitrogens is 1. The Morgan fingerprint density at radius 3 is 2.58 bits per heavy atom. The molecule has 2 aromatic carbocycles. The Morgan fingerprint density at radius 2 is 1.91 bits per heavy atom. The van der Waals surface area contributed by atoms with E-state index in [4.69, 9.17) is 15.2 Å². The number of nitrogens with zero attached hydrogens (tertiary/aromatic N) is 3. The number of aromatic amines is 1. The number of primary amides is 1. The van der Waals surface area contributed by atoms with Crippen molar-refractivity contribution in [2.24, 2.45) is 5.73 Å². The number of sulfonamides is 1. The van der Waals surface area contributed by atoms with Gasteiger partial charge in [-0.3, -0.25) is 19.3 Å². The van der Waals surface area contributed by atoms with Gasteiger partial charge in [-0.15, -0.1) is 0 Å². The smallest absolute Gasteiger partial charge is 0.355 e. The molecule has 0 bridgehead atoms. The molecule has 0 aliphatic carbocycles. The van der Waals surface area contributed by atoms with Crippen LogP contribution in [0.1, 0.15) is 47.8 Å². The molecule has 12 nitrogen and oxygen atoms in total. The third kappa shape index (κ3) is 6.75. The summed E-state index contributed by atoms with van der Waals surface area (Å²) >= 11 is 0. The number of hydrogen-bond acceptors (Lipinski definition) is 8. The first kappa shape index (κ1) is 29.9. The Morgan fingerprint density at radius 1 is 1.19 bits per heavy atom. The summed E-state index contributed by atoms with van der Waals surface area (Å²) in [4.78, 5) is 12.6. The van der Waals surface area contributed by atoms with Gasteiger partial charge in [-0.25, -0.2) is 12.8 Å². The van der Waals surface area contributed by atoms with E-state index in [1.807, 2.05) is 9.40 Å². The lowest BCUT2D eigenvalue weighted by molar-refractivity contribution is 0.0662. The molecule has 4 aromatic rings. The molecular weight excluding hydrogens is 591 g/mol. The van der Waals surface area contributed by atoms with E-state index in [-0.39, 0.29) is 40.1 Å². The molecule has 0 unspecified atom stereocenters. The van der Waals surface area contributed by atoms with Crippen LogP contribution < -0.4 is 20.5 Å². The summed E-state index contributed by atoms with van der Waals surface area (Å²) in [6.07, 6.45) is 4.23.